The third kappa shape index (κ3) is 11.6. The summed E-state index contributed by atoms with van der Waals surface area (Å²) in [6.07, 6.45) is 18.4. The van der Waals surface area contributed by atoms with Crippen molar-refractivity contribution in [3.8, 4) is 23.0 Å². The van der Waals surface area contributed by atoms with Crippen LogP contribution in [0.1, 0.15) is 126 Å². The molecule has 0 aliphatic rings. The molecule has 0 spiro atoms. The molecule has 0 aliphatic carbocycles. The molecular formula is C33H50O7S. The lowest BCUT2D eigenvalue weighted by Gasteiger charge is -2.18. The summed E-state index contributed by atoms with van der Waals surface area (Å²) in [5, 5.41) is 10.7. The molecule has 2 aromatic rings. The fourth-order valence-electron chi connectivity index (χ4n) is 4.94. The van der Waals surface area contributed by atoms with Crippen molar-refractivity contribution >= 4 is 15.9 Å². The van der Waals surface area contributed by atoms with Gasteiger partial charge in [-0.15, -0.1) is 0 Å². The summed E-state index contributed by atoms with van der Waals surface area (Å²) in [7, 11) is -1.63. The van der Waals surface area contributed by atoms with Gasteiger partial charge in [-0.3, -0.25) is 4.79 Å². The van der Waals surface area contributed by atoms with E-state index >= 15 is 0 Å². The van der Waals surface area contributed by atoms with Crippen molar-refractivity contribution < 1.29 is 32.0 Å². The fraction of sp³-hybridized carbons (Fsp3) is 0.606. The van der Waals surface area contributed by atoms with Gasteiger partial charge >= 0.3 is 10.1 Å². The molecule has 0 radical (unpaired) electrons. The summed E-state index contributed by atoms with van der Waals surface area (Å²) >= 11 is 0. The van der Waals surface area contributed by atoms with E-state index in [1.165, 1.54) is 103 Å². The Morgan fingerprint density at radius 1 is 0.732 bits per heavy atom. The molecule has 7 nitrogen and oxygen atoms in total. The van der Waals surface area contributed by atoms with Crippen LogP contribution in [-0.2, 0) is 10.1 Å². The Morgan fingerprint density at radius 2 is 1.22 bits per heavy atom. The number of aryl methyl sites for hydroxylation is 1. The highest BCUT2D eigenvalue weighted by Crippen LogP contribution is 2.46. The van der Waals surface area contributed by atoms with Crippen molar-refractivity contribution in [1.29, 1.82) is 0 Å². The molecule has 0 saturated heterocycles. The lowest BCUT2D eigenvalue weighted by Crippen LogP contribution is -2.14. The minimum atomic E-state index is -4.31. The van der Waals surface area contributed by atoms with Crippen LogP contribution in [-0.4, -0.2) is 33.5 Å². The van der Waals surface area contributed by atoms with E-state index in [-0.39, 0.29) is 34.1 Å². The summed E-state index contributed by atoms with van der Waals surface area (Å²) in [6, 6.07) is 7.39. The van der Waals surface area contributed by atoms with Gasteiger partial charge in [0.15, 0.2) is 11.5 Å². The van der Waals surface area contributed by atoms with Crippen molar-refractivity contribution in [1.82, 2.24) is 0 Å². The largest absolute Gasteiger partial charge is 0.507 e. The topological polar surface area (TPSA) is 99.1 Å². The molecule has 0 atom stereocenters. The van der Waals surface area contributed by atoms with Gasteiger partial charge in [-0.1, -0.05) is 115 Å². The normalized spacial score (nSPS) is 11.4. The van der Waals surface area contributed by atoms with Gasteiger partial charge < -0.3 is 18.8 Å². The number of carbonyl (C=O) groups excluding carboxylic acids is 1. The van der Waals surface area contributed by atoms with Gasteiger partial charge in [0.05, 0.1) is 14.2 Å². The van der Waals surface area contributed by atoms with Crippen LogP contribution in [0.25, 0.3) is 0 Å². The maximum absolute atomic E-state index is 13.2. The highest BCUT2D eigenvalue weighted by molar-refractivity contribution is 7.87. The second-order valence-corrected chi connectivity index (χ2v) is 12.4. The molecule has 41 heavy (non-hydrogen) atoms. The first-order valence-electron chi connectivity index (χ1n) is 15.3. The first-order chi connectivity index (χ1) is 19.7. The standard InChI is InChI=1S/C33H50O7S/c1-5-6-7-8-9-10-11-12-13-14-15-16-17-18-19-20-28(34)31-29(35)25-30(38-3)32(39-4)33(31)40-41(36,37)27-23-21-26(2)22-24-27/h21-25,35H,5-20H2,1-4H3. The summed E-state index contributed by atoms with van der Waals surface area (Å²) < 4.78 is 42.2. The maximum atomic E-state index is 13.2. The number of hydrogen-bond acceptors (Lipinski definition) is 7. The molecule has 8 heteroatoms. The van der Waals surface area contributed by atoms with E-state index in [2.05, 4.69) is 6.92 Å². The van der Waals surface area contributed by atoms with Crippen LogP contribution in [0.4, 0.5) is 0 Å². The third-order valence-electron chi connectivity index (χ3n) is 7.39. The molecule has 2 rings (SSSR count). The lowest BCUT2D eigenvalue weighted by molar-refractivity contribution is 0.0974. The Morgan fingerprint density at radius 3 is 1.68 bits per heavy atom. The van der Waals surface area contributed by atoms with Crippen molar-refractivity contribution in [3.05, 3.63) is 41.5 Å². The Labute approximate surface area is 247 Å². The predicted molar refractivity (Wildman–Crippen MR) is 164 cm³/mol. The SMILES string of the molecule is CCCCCCCCCCCCCCCCCC(=O)c1c(O)cc(OC)c(OC)c1OS(=O)(=O)c1ccc(C)cc1. The van der Waals surface area contributed by atoms with Gasteiger partial charge in [0.1, 0.15) is 16.2 Å². The smallest absolute Gasteiger partial charge is 0.339 e. The van der Waals surface area contributed by atoms with Crippen LogP contribution >= 0.6 is 0 Å². The van der Waals surface area contributed by atoms with E-state index < -0.39 is 21.7 Å². The fourth-order valence-corrected chi connectivity index (χ4v) is 5.89. The number of rotatable bonds is 22. The van der Waals surface area contributed by atoms with Crippen LogP contribution in [0, 0.1) is 6.92 Å². The highest BCUT2D eigenvalue weighted by atomic mass is 32.2. The number of aromatic hydroxyl groups is 1. The van der Waals surface area contributed by atoms with Crippen molar-refractivity contribution in [2.24, 2.45) is 0 Å². The number of benzene rings is 2. The molecule has 1 N–H and O–H groups in total. The Hall–Kier alpha value is -2.74. The van der Waals surface area contributed by atoms with Gasteiger partial charge in [0.25, 0.3) is 0 Å². The van der Waals surface area contributed by atoms with Gasteiger partial charge in [-0.2, -0.15) is 8.42 Å². The Kier molecular flexibility index (Phi) is 15.7. The van der Waals surface area contributed by atoms with E-state index in [0.717, 1.165) is 24.8 Å². The average Bonchev–Trinajstić information content (AvgIpc) is 2.94. The number of unbranched alkanes of at least 4 members (excludes halogenated alkanes) is 14. The van der Waals surface area contributed by atoms with Crippen LogP contribution in [0.3, 0.4) is 0 Å². The van der Waals surface area contributed by atoms with E-state index in [4.69, 9.17) is 13.7 Å². The molecule has 0 unspecified atom stereocenters. The quantitative estimate of drug-likeness (QED) is 0.0830. The summed E-state index contributed by atoms with van der Waals surface area (Å²) in [6.45, 7) is 4.09. The van der Waals surface area contributed by atoms with E-state index in [9.17, 15) is 18.3 Å². The van der Waals surface area contributed by atoms with E-state index in [1.54, 1.807) is 12.1 Å². The summed E-state index contributed by atoms with van der Waals surface area (Å²) in [5.74, 6) is -1.20. The molecule has 2 aromatic carbocycles. The van der Waals surface area contributed by atoms with Crippen molar-refractivity contribution in [3.63, 3.8) is 0 Å². The van der Waals surface area contributed by atoms with Crippen LogP contribution in [0.15, 0.2) is 35.2 Å². The molecule has 0 aromatic heterocycles. The number of methoxy groups -OCH3 is 2. The van der Waals surface area contributed by atoms with Crippen LogP contribution < -0.4 is 13.7 Å². The molecule has 230 valence electrons. The van der Waals surface area contributed by atoms with Crippen LogP contribution in [0.5, 0.6) is 23.0 Å². The predicted octanol–water partition coefficient (Wildman–Crippen LogP) is 8.93. The molecule has 0 bridgehead atoms. The zero-order valence-corrected chi connectivity index (χ0v) is 26.3. The van der Waals surface area contributed by atoms with Gasteiger partial charge in [-0.25, -0.2) is 0 Å². The van der Waals surface area contributed by atoms with Crippen LogP contribution in [0.2, 0.25) is 0 Å². The number of ether oxygens (including phenoxy) is 2. The molecule has 0 saturated carbocycles. The minimum Gasteiger partial charge on any atom is -0.507 e. The number of hydrogen-bond donors (Lipinski definition) is 1. The first kappa shape index (κ1) is 34.5. The molecule has 0 amide bonds. The van der Waals surface area contributed by atoms with Gasteiger partial charge in [0.2, 0.25) is 11.5 Å². The van der Waals surface area contributed by atoms with E-state index in [1.807, 2.05) is 6.92 Å². The average molecular weight is 591 g/mol. The van der Waals surface area contributed by atoms with Gasteiger partial charge in [-0.05, 0) is 25.5 Å². The van der Waals surface area contributed by atoms with Gasteiger partial charge in [0, 0.05) is 12.5 Å². The minimum absolute atomic E-state index is 0.0580. The monoisotopic (exact) mass is 590 g/mol. The van der Waals surface area contributed by atoms with Crippen molar-refractivity contribution in [2.45, 2.75) is 121 Å². The third-order valence-corrected chi connectivity index (χ3v) is 8.63. The molecule has 0 fully saturated rings. The van der Waals surface area contributed by atoms with E-state index in [0.29, 0.717) is 6.42 Å². The maximum Gasteiger partial charge on any atom is 0.339 e. The second-order valence-electron chi connectivity index (χ2n) is 10.8. The van der Waals surface area contributed by atoms with Crippen molar-refractivity contribution in [2.75, 3.05) is 14.2 Å². The number of carbonyl (C=O) groups is 1. The first-order valence-corrected chi connectivity index (χ1v) is 16.7. The Balaban J connectivity index is 1.87. The second kappa shape index (κ2) is 18.6. The number of Topliss-reactive ketones (excluding diaryl/α,β-unsaturated/α-hetero) is 1. The number of phenolic OH excluding ortho intramolecular Hbond substituents is 1. The lowest BCUT2D eigenvalue weighted by atomic mass is 10.0. The molecule has 0 aliphatic heterocycles. The Bertz CT molecular complexity index is 1160. The zero-order chi connectivity index (χ0) is 30.1. The highest BCUT2D eigenvalue weighted by Gasteiger charge is 2.30. The molecule has 0 heterocycles. The number of phenols is 1. The number of ketones is 1. The molecular weight excluding hydrogens is 540 g/mol. The summed E-state index contributed by atoms with van der Waals surface area (Å²) in [4.78, 5) is 13.1. The summed E-state index contributed by atoms with van der Waals surface area (Å²) in [5.41, 5.74) is 0.670. The zero-order valence-electron chi connectivity index (χ0n) is 25.5.